The standard InChI is InChI=1S/C13H15ClN2OS/c1-2-15-11-7-17-6-8(11)13-16-10-5-3-4-9(14)12(10)18-13/h3-5,8,11,15H,2,6-7H2,1H3. The van der Waals surface area contributed by atoms with Crippen LogP contribution in [0, 0.1) is 0 Å². The van der Waals surface area contributed by atoms with Crippen LogP contribution in [-0.2, 0) is 4.74 Å². The molecule has 2 atom stereocenters. The van der Waals surface area contributed by atoms with Crippen LogP contribution in [0.15, 0.2) is 18.2 Å². The Balaban J connectivity index is 1.96. The zero-order valence-corrected chi connectivity index (χ0v) is 11.7. The summed E-state index contributed by atoms with van der Waals surface area (Å²) in [6.07, 6.45) is 0. The summed E-state index contributed by atoms with van der Waals surface area (Å²) in [4.78, 5) is 4.70. The third-order valence-corrected chi connectivity index (χ3v) is 4.91. The lowest BCUT2D eigenvalue weighted by Crippen LogP contribution is -2.34. The third kappa shape index (κ3) is 2.14. The number of benzene rings is 1. The summed E-state index contributed by atoms with van der Waals surface area (Å²) in [5.74, 6) is 0.346. The molecule has 0 aliphatic carbocycles. The normalized spacial score (nSPS) is 23.9. The molecule has 2 unspecified atom stereocenters. The number of fused-ring (bicyclic) bond motifs is 1. The Labute approximate surface area is 115 Å². The molecule has 1 aromatic carbocycles. The molecule has 18 heavy (non-hydrogen) atoms. The summed E-state index contributed by atoms with van der Waals surface area (Å²) >= 11 is 7.89. The minimum atomic E-state index is 0.346. The second-order valence-electron chi connectivity index (χ2n) is 4.45. The largest absolute Gasteiger partial charge is 0.379 e. The molecule has 0 bridgehead atoms. The molecule has 2 heterocycles. The second kappa shape index (κ2) is 5.13. The fourth-order valence-corrected chi connectivity index (χ4v) is 3.76. The van der Waals surface area contributed by atoms with E-state index in [1.807, 2.05) is 18.2 Å². The van der Waals surface area contributed by atoms with Crippen molar-refractivity contribution in [3.05, 3.63) is 28.2 Å². The summed E-state index contributed by atoms with van der Waals surface area (Å²) in [7, 11) is 0. The minimum absolute atomic E-state index is 0.346. The molecule has 1 aliphatic rings. The smallest absolute Gasteiger partial charge is 0.101 e. The summed E-state index contributed by atoms with van der Waals surface area (Å²) in [5.41, 5.74) is 0.990. The van der Waals surface area contributed by atoms with Gasteiger partial charge in [0.05, 0.1) is 34.4 Å². The molecule has 1 aliphatic heterocycles. The van der Waals surface area contributed by atoms with Crippen LogP contribution in [0.2, 0.25) is 5.02 Å². The van der Waals surface area contributed by atoms with Crippen molar-refractivity contribution in [3.8, 4) is 0 Å². The molecule has 0 spiro atoms. The summed E-state index contributed by atoms with van der Waals surface area (Å²) in [5, 5.41) is 5.37. The summed E-state index contributed by atoms with van der Waals surface area (Å²) in [6, 6.07) is 6.24. The lowest BCUT2D eigenvalue weighted by Gasteiger charge is -2.15. The van der Waals surface area contributed by atoms with Gasteiger partial charge in [0.2, 0.25) is 0 Å². The topological polar surface area (TPSA) is 34.1 Å². The average Bonchev–Trinajstić information content (AvgIpc) is 2.95. The lowest BCUT2D eigenvalue weighted by molar-refractivity contribution is 0.188. The number of aromatic nitrogens is 1. The number of ether oxygens (including phenoxy) is 1. The molecular formula is C13H15ClN2OS. The molecule has 0 amide bonds. The van der Waals surface area contributed by atoms with E-state index in [0.29, 0.717) is 12.0 Å². The van der Waals surface area contributed by atoms with Gasteiger partial charge in [0.15, 0.2) is 0 Å². The zero-order chi connectivity index (χ0) is 12.5. The van der Waals surface area contributed by atoms with Crippen LogP contribution in [0.3, 0.4) is 0 Å². The van der Waals surface area contributed by atoms with Crippen molar-refractivity contribution in [1.82, 2.24) is 10.3 Å². The van der Waals surface area contributed by atoms with E-state index in [1.54, 1.807) is 11.3 Å². The predicted octanol–water partition coefficient (Wildman–Crippen LogP) is 3.04. The number of nitrogens with one attached hydrogen (secondary N) is 1. The van der Waals surface area contributed by atoms with Gasteiger partial charge in [-0.15, -0.1) is 11.3 Å². The van der Waals surface area contributed by atoms with Crippen LogP contribution < -0.4 is 5.32 Å². The first kappa shape index (κ1) is 12.4. The van der Waals surface area contributed by atoms with Crippen LogP contribution in [-0.4, -0.2) is 30.8 Å². The fourth-order valence-electron chi connectivity index (χ4n) is 2.35. The van der Waals surface area contributed by atoms with Crippen molar-refractivity contribution in [2.75, 3.05) is 19.8 Å². The van der Waals surface area contributed by atoms with E-state index in [-0.39, 0.29) is 0 Å². The van der Waals surface area contributed by atoms with E-state index in [2.05, 4.69) is 12.2 Å². The van der Waals surface area contributed by atoms with Gasteiger partial charge in [0, 0.05) is 6.04 Å². The van der Waals surface area contributed by atoms with Gasteiger partial charge in [0.1, 0.15) is 5.01 Å². The maximum Gasteiger partial charge on any atom is 0.101 e. The number of hydrogen-bond acceptors (Lipinski definition) is 4. The van der Waals surface area contributed by atoms with Gasteiger partial charge in [-0.25, -0.2) is 4.98 Å². The maximum absolute atomic E-state index is 6.20. The van der Waals surface area contributed by atoms with Crippen LogP contribution in [0.25, 0.3) is 10.2 Å². The van der Waals surface area contributed by atoms with E-state index in [0.717, 1.165) is 40.0 Å². The second-order valence-corrected chi connectivity index (χ2v) is 5.89. The molecule has 0 radical (unpaired) electrons. The van der Waals surface area contributed by atoms with Crippen LogP contribution in [0.5, 0.6) is 0 Å². The quantitative estimate of drug-likeness (QED) is 0.940. The predicted molar refractivity (Wildman–Crippen MR) is 75.7 cm³/mol. The first-order valence-electron chi connectivity index (χ1n) is 6.15. The van der Waals surface area contributed by atoms with E-state index in [9.17, 15) is 0 Å². The fraction of sp³-hybridized carbons (Fsp3) is 0.462. The first-order chi connectivity index (χ1) is 8.79. The highest BCUT2D eigenvalue weighted by Crippen LogP contribution is 2.35. The van der Waals surface area contributed by atoms with Crippen molar-refractivity contribution in [3.63, 3.8) is 0 Å². The molecule has 3 rings (SSSR count). The Bertz CT molecular complexity index is 557. The van der Waals surface area contributed by atoms with Gasteiger partial charge in [0.25, 0.3) is 0 Å². The third-order valence-electron chi connectivity index (χ3n) is 3.25. The molecule has 3 nitrogen and oxygen atoms in total. The van der Waals surface area contributed by atoms with Crippen molar-refractivity contribution < 1.29 is 4.74 Å². The molecule has 1 saturated heterocycles. The molecular weight excluding hydrogens is 268 g/mol. The van der Waals surface area contributed by atoms with Crippen LogP contribution in [0.4, 0.5) is 0 Å². The number of thiazole rings is 1. The van der Waals surface area contributed by atoms with Crippen molar-refractivity contribution >= 4 is 33.2 Å². The number of hydrogen-bond donors (Lipinski definition) is 1. The molecule has 5 heteroatoms. The minimum Gasteiger partial charge on any atom is -0.379 e. The summed E-state index contributed by atoms with van der Waals surface area (Å²) < 4.78 is 6.65. The molecule has 1 aromatic heterocycles. The van der Waals surface area contributed by atoms with Crippen molar-refractivity contribution in [1.29, 1.82) is 0 Å². The van der Waals surface area contributed by atoms with Crippen LogP contribution in [0.1, 0.15) is 17.8 Å². The van der Waals surface area contributed by atoms with Gasteiger partial charge < -0.3 is 10.1 Å². The molecule has 0 saturated carbocycles. The zero-order valence-electron chi connectivity index (χ0n) is 10.1. The summed E-state index contributed by atoms with van der Waals surface area (Å²) in [6.45, 7) is 4.58. The number of halogens is 1. The Morgan fingerprint density at radius 1 is 1.50 bits per heavy atom. The lowest BCUT2D eigenvalue weighted by atomic mass is 10.1. The molecule has 1 fully saturated rings. The Hall–Kier alpha value is -0.680. The highest BCUT2D eigenvalue weighted by molar-refractivity contribution is 7.19. The van der Waals surface area contributed by atoms with E-state index >= 15 is 0 Å². The monoisotopic (exact) mass is 282 g/mol. The van der Waals surface area contributed by atoms with Crippen molar-refractivity contribution in [2.45, 2.75) is 18.9 Å². The first-order valence-corrected chi connectivity index (χ1v) is 7.35. The average molecular weight is 283 g/mol. The van der Waals surface area contributed by atoms with E-state index < -0.39 is 0 Å². The van der Waals surface area contributed by atoms with Gasteiger partial charge in [-0.1, -0.05) is 24.6 Å². The van der Waals surface area contributed by atoms with Crippen molar-refractivity contribution in [2.24, 2.45) is 0 Å². The Kier molecular flexibility index (Phi) is 3.52. The van der Waals surface area contributed by atoms with Gasteiger partial charge >= 0.3 is 0 Å². The van der Waals surface area contributed by atoms with Gasteiger partial charge in [-0.2, -0.15) is 0 Å². The highest BCUT2D eigenvalue weighted by Gasteiger charge is 2.31. The Morgan fingerprint density at radius 3 is 3.17 bits per heavy atom. The molecule has 2 aromatic rings. The van der Waals surface area contributed by atoms with E-state index in [4.69, 9.17) is 21.3 Å². The van der Waals surface area contributed by atoms with Crippen LogP contribution >= 0.6 is 22.9 Å². The maximum atomic E-state index is 6.20. The molecule has 96 valence electrons. The number of rotatable bonds is 3. The van der Waals surface area contributed by atoms with Gasteiger partial charge in [-0.3, -0.25) is 0 Å². The van der Waals surface area contributed by atoms with Gasteiger partial charge in [-0.05, 0) is 18.7 Å². The number of likely N-dealkylation sites (N-methyl/N-ethyl adjacent to an activating group) is 1. The molecule has 1 N–H and O–H groups in total. The van der Waals surface area contributed by atoms with E-state index in [1.165, 1.54) is 0 Å². The number of nitrogens with zero attached hydrogens (tertiary/aromatic N) is 1. The highest BCUT2D eigenvalue weighted by atomic mass is 35.5. The Morgan fingerprint density at radius 2 is 2.39 bits per heavy atom. The SMILES string of the molecule is CCNC1COCC1c1nc2cccc(Cl)c2s1.